The van der Waals surface area contributed by atoms with Gasteiger partial charge in [0.1, 0.15) is 11.4 Å². The van der Waals surface area contributed by atoms with Crippen LogP contribution in [0, 0.1) is 5.41 Å². The molecule has 0 bridgehead atoms. The lowest BCUT2D eigenvalue weighted by Crippen LogP contribution is -2.54. The summed E-state index contributed by atoms with van der Waals surface area (Å²) in [6.45, 7) is 5.57. The van der Waals surface area contributed by atoms with Crippen LogP contribution in [0.4, 0.5) is 18.0 Å². The second kappa shape index (κ2) is 9.03. The van der Waals surface area contributed by atoms with Gasteiger partial charge in [-0.2, -0.15) is 13.2 Å². The average molecular weight is 468 g/mol. The molecule has 1 aliphatic heterocycles. The molecule has 3 N–H and O–H groups in total. The fourth-order valence-corrected chi connectivity index (χ4v) is 4.12. The van der Waals surface area contributed by atoms with Gasteiger partial charge in [-0.05, 0) is 45.2 Å². The third kappa shape index (κ3) is 5.82. The first-order valence-corrected chi connectivity index (χ1v) is 10.7. The van der Waals surface area contributed by atoms with Gasteiger partial charge in [0, 0.05) is 17.7 Å². The number of nitrogens with one attached hydrogen (secondary N) is 3. The summed E-state index contributed by atoms with van der Waals surface area (Å²) in [6, 6.07) is 3.72. The Morgan fingerprint density at radius 2 is 1.82 bits per heavy atom. The highest BCUT2D eigenvalue weighted by molar-refractivity contribution is 6.09. The fourth-order valence-electron chi connectivity index (χ4n) is 4.12. The number of nitrogens with zero attached hydrogens (tertiary/aromatic N) is 1. The molecular formula is C22H27F3N4O4. The molecule has 1 saturated carbocycles. The number of hydrogen-bond donors (Lipinski definition) is 3. The fraction of sp³-hybridized carbons (Fsp3) is 0.545. The highest BCUT2D eigenvalue weighted by atomic mass is 19.4. The van der Waals surface area contributed by atoms with Gasteiger partial charge in [0.05, 0.1) is 12.1 Å². The Bertz CT molecular complexity index is 971. The molecule has 3 rings (SSSR count). The van der Waals surface area contributed by atoms with Gasteiger partial charge < -0.3 is 20.3 Å². The molecule has 1 fully saturated rings. The Morgan fingerprint density at radius 3 is 2.45 bits per heavy atom. The lowest BCUT2D eigenvalue weighted by atomic mass is 9.89. The predicted molar refractivity (Wildman–Crippen MR) is 113 cm³/mol. The van der Waals surface area contributed by atoms with Crippen molar-refractivity contribution >= 4 is 23.7 Å². The van der Waals surface area contributed by atoms with Crippen LogP contribution in [0.1, 0.15) is 67.9 Å². The zero-order valence-electron chi connectivity index (χ0n) is 18.6. The van der Waals surface area contributed by atoms with Gasteiger partial charge >= 0.3 is 18.2 Å². The van der Waals surface area contributed by atoms with Gasteiger partial charge in [-0.15, -0.1) is 0 Å². The number of fused-ring (bicyclic) bond motifs is 1. The molecule has 1 aromatic rings. The van der Waals surface area contributed by atoms with Crippen molar-refractivity contribution in [2.45, 2.75) is 76.9 Å². The maximum atomic E-state index is 13.2. The van der Waals surface area contributed by atoms with Crippen LogP contribution in [0.3, 0.4) is 0 Å². The standard InChI is InChI=1S/C22H27F3N4O4/c1-21(2,3)33-20(32)27-15-6-4-5-7-16(15)29-11-13-9-8-12(10-14(13)18(29)30)17(26)28-19(31)22(23,24)25/h8-10,15-16H,4-7,11H2,1-3H3,(H,27,32)(H2,26,28,31). The van der Waals surface area contributed by atoms with E-state index in [2.05, 4.69) is 5.32 Å². The Morgan fingerprint density at radius 1 is 1.15 bits per heavy atom. The molecule has 2 unspecified atom stereocenters. The maximum absolute atomic E-state index is 13.2. The minimum atomic E-state index is -5.12. The van der Waals surface area contributed by atoms with Crippen molar-refractivity contribution in [2.75, 3.05) is 0 Å². The monoisotopic (exact) mass is 468 g/mol. The molecule has 11 heteroatoms. The minimum Gasteiger partial charge on any atom is -0.444 e. The van der Waals surface area contributed by atoms with E-state index < -0.39 is 29.6 Å². The summed E-state index contributed by atoms with van der Waals surface area (Å²) in [6.07, 6.45) is -2.52. The normalized spacial score (nSPS) is 20.8. The predicted octanol–water partition coefficient (Wildman–Crippen LogP) is 3.48. The van der Waals surface area contributed by atoms with E-state index in [9.17, 15) is 27.6 Å². The number of benzene rings is 1. The summed E-state index contributed by atoms with van der Waals surface area (Å²) in [7, 11) is 0. The first-order chi connectivity index (χ1) is 15.3. The van der Waals surface area contributed by atoms with Crippen LogP contribution >= 0.6 is 0 Å². The molecule has 1 aromatic carbocycles. The van der Waals surface area contributed by atoms with Crippen LogP contribution in [0.15, 0.2) is 18.2 Å². The van der Waals surface area contributed by atoms with Crippen molar-refractivity contribution in [1.82, 2.24) is 15.5 Å². The van der Waals surface area contributed by atoms with Gasteiger partial charge in [-0.3, -0.25) is 15.0 Å². The average Bonchev–Trinajstić information content (AvgIpc) is 3.02. The molecule has 1 heterocycles. The number of hydrogen-bond acceptors (Lipinski definition) is 5. The van der Waals surface area contributed by atoms with E-state index in [1.807, 2.05) is 0 Å². The summed E-state index contributed by atoms with van der Waals surface area (Å²) < 4.78 is 42.8. The Kier molecular flexibility index (Phi) is 6.71. The molecule has 180 valence electrons. The van der Waals surface area contributed by atoms with Gasteiger partial charge in [0.15, 0.2) is 0 Å². The molecule has 0 radical (unpaired) electrons. The van der Waals surface area contributed by atoms with E-state index in [-0.39, 0.29) is 35.7 Å². The molecule has 0 saturated heterocycles. The lowest BCUT2D eigenvalue weighted by Gasteiger charge is -2.38. The number of carbonyl (C=O) groups is 3. The Hall–Kier alpha value is -3.11. The summed E-state index contributed by atoms with van der Waals surface area (Å²) >= 11 is 0. The molecule has 1 aliphatic carbocycles. The van der Waals surface area contributed by atoms with Crippen molar-refractivity contribution in [3.05, 3.63) is 34.9 Å². The number of alkyl halides is 3. The number of carbonyl (C=O) groups excluding carboxylic acids is 3. The zero-order valence-corrected chi connectivity index (χ0v) is 18.6. The summed E-state index contributed by atoms with van der Waals surface area (Å²) in [5.74, 6) is -3.32. The van der Waals surface area contributed by atoms with Crippen molar-refractivity contribution in [3.8, 4) is 0 Å². The van der Waals surface area contributed by atoms with Crippen LogP contribution in [-0.2, 0) is 16.1 Å². The zero-order chi connectivity index (χ0) is 24.6. The molecule has 2 atom stereocenters. The van der Waals surface area contributed by atoms with Gasteiger partial charge in [-0.1, -0.05) is 25.0 Å². The van der Waals surface area contributed by atoms with Crippen LogP contribution in [0.2, 0.25) is 0 Å². The Balaban J connectivity index is 1.74. The van der Waals surface area contributed by atoms with Gasteiger partial charge in [-0.25, -0.2) is 4.79 Å². The summed E-state index contributed by atoms with van der Waals surface area (Å²) in [5, 5.41) is 12.1. The largest absolute Gasteiger partial charge is 0.471 e. The molecule has 8 nitrogen and oxygen atoms in total. The quantitative estimate of drug-likeness (QED) is 0.466. The van der Waals surface area contributed by atoms with E-state index in [0.717, 1.165) is 12.8 Å². The third-order valence-electron chi connectivity index (χ3n) is 5.56. The number of rotatable bonds is 3. The Labute approximate surface area is 189 Å². The van der Waals surface area contributed by atoms with E-state index in [1.165, 1.54) is 17.4 Å². The van der Waals surface area contributed by atoms with E-state index in [1.54, 1.807) is 31.7 Å². The highest BCUT2D eigenvalue weighted by Gasteiger charge is 2.41. The summed E-state index contributed by atoms with van der Waals surface area (Å²) in [5.41, 5.74) is 0.269. The van der Waals surface area contributed by atoms with Crippen LogP contribution in [0.5, 0.6) is 0 Å². The number of ether oxygens (including phenoxy) is 1. The molecule has 33 heavy (non-hydrogen) atoms. The van der Waals surface area contributed by atoms with E-state index in [0.29, 0.717) is 18.4 Å². The van der Waals surface area contributed by atoms with Crippen LogP contribution in [-0.4, -0.2) is 52.5 Å². The van der Waals surface area contributed by atoms with Gasteiger partial charge in [0.25, 0.3) is 5.91 Å². The summed E-state index contributed by atoms with van der Waals surface area (Å²) in [4.78, 5) is 38.2. The topological polar surface area (TPSA) is 112 Å². The highest BCUT2D eigenvalue weighted by Crippen LogP contribution is 2.32. The van der Waals surface area contributed by atoms with Crippen molar-refractivity contribution in [2.24, 2.45) is 0 Å². The molecule has 0 spiro atoms. The molecule has 3 amide bonds. The van der Waals surface area contributed by atoms with Gasteiger partial charge in [0.2, 0.25) is 0 Å². The van der Waals surface area contributed by atoms with Crippen LogP contribution in [0.25, 0.3) is 0 Å². The molecule has 0 aromatic heterocycles. The van der Waals surface area contributed by atoms with Crippen molar-refractivity contribution < 1.29 is 32.3 Å². The minimum absolute atomic E-state index is 0.00590. The first-order valence-electron chi connectivity index (χ1n) is 10.7. The van der Waals surface area contributed by atoms with E-state index in [4.69, 9.17) is 10.1 Å². The smallest absolute Gasteiger partial charge is 0.444 e. The molecule has 2 aliphatic rings. The maximum Gasteiger partial charge on any atom is 0.471 e. The molecular weight excluding hydrogens is 441 g/mol. The number of alkyl carbamates (subject to hydrolysis) is 1. The third-order valence-corrected chi connectivity index (χ3v) is 5.56. The first kappa shape index (κ1) is 24.5. The SMILES string of the molecule is CC(C)(C)OC(=O)NC1CCCCC1N1Cc2ccc(C(=N)NC(=O)C(F)(F)F)cc2C1=O. The second-order valence-corrected chi connectivity index (χ2v) is 9.24. The second-order valence-electron chi connectivity index (χ2n) is 9.24. The van der Waals surface area contributed by atoms with Crippen molar-refractivity contribution in [1.29, 1.82) is 5.41 Å². The number of amidine groups is 1. The van der Waals surface area contributed by atoms with E-state index >= 15 is 0 Å². The number of halogens is 3. The lowest BCUT2D eigenvalue weighted by molar-refractivity contribution is -0.171. The number of amides is 3. The van der Waals surface area contributed by atoms with Crippen molar-refractivity contribution in [3.63, 3.8) is 0 Å². The van der Waals surface area contributed by atoms with Crippen LogP contribution < -0.4 is 10.6 Å².